The van der Waals surface area contributed by atoms with Crippen LogP contribution in [0.15, 0.2) is 53.4 Å². The Hall–Kier alpha value is -3.00. The molecular formula is C23H25N3O4S. The lowest BCUT2D eigenvalue weighted by Gasteiger charge is -2.34. The average Bonchev–Trinajstić information content (AvgIpc) is 2.79. The summed E-state index contributed by atoms with van der Waals surface area (Å²) in [6.45, 7) is 3.32. The third-order valence-corrected chi connectivity index (χ3v) is 6.74. The van der Waals surface area contributed by atoms with E-state index in [0.717, 1.165) is 10.6 Å². The van der Waals surface area contributed by atoms with Gasteiger partial charge in [-0.3, -0.25) is 14.4 Å². The Labute approximate surface area is 185 Å². The van der Waals surface area contributed by atoms with E-state index in [9.17, 15) is 14.4 Å². The zero-order chi connectivity index (χ0) is 21.8. The number of benzene rings is 2. The van der Waals surface area contributed by atoms with Crippen molar-refractivity contribution in [2.45, 2.75) is 29.9 Å². The van der Waals surface area contributed by atoms with Crippen LogP contribution >= 0.6 is 11.8 Å². The third-order valence-electron chi connectivity index (χ3n) is 5.47. The number of carbonyl (C=O) groups excluding carboxylic acids is 3. The molecule has 1 saturated heterocycles. The van der Waals surface area contributed by atoms with Crippen LogP contribution in [0.2, 0.25) is 0 Å². The molecule has 0 aromatic heterocycles. The first-order valence-corrected chi connectivity index (χ1v) is 11.3. The molecule has 0 saturated carbocycles. The maximum absolute atomic E-state index is 13.0. The molecule has 2 aromatic rings. The molecule has 0 radical (unpaired) electrons. The minimum Gasteiger partial charge on any atom is -0.492 e. The largest absolute Gasteiger partial charge is 0.492 e. The molecule has 162 valence electrons. The first-order valence-electron chi connectivity index (χ1n) is 10.4. The van der Waals surface area contributed by atoms with Gasteiger partial charge >= 0.3 is 0 Å². The Morgan fingerprint density at radius 1 is 1.13 bits per heavy atom. The predicted octanol–water partition coefficient (Wildman–Crippen LogP) is 3.38. The van der Waals surface area contributed by atoms with Crippen LogP contribution in [0.5, 0.6) is 5.75 Å². The Bertz CT molecular complexity index is 988. The molecule has 0 unspecified atom stereocenters. The highest BCUT2D eigenvalue weighted by molar-refractivity contribution is 8.01. The number of para-hydroxylation sites is 3. The van der Waals surface area contributed by atoms with Gasteiger partial charge in [-0.15, -0.1) is 11.8 Å². The first-order chi connectivity index (χ1) is 15.1. The van der Waals surface area contributed by atoms with Crippen LogP contribution in [0.25, 0.3) is 0 Å². The van der Waals surface area contributed by atoms with Gasteiger partial charge in [0.25, 0.3) is 0 Å². The molecule has 2 aliphatic heterocycles. The molecule has 31 heavy (non-hydrogen) atoms. The van der Waals surface area contributed by atoms with Crippen molar-refractivity contribution in [2.75, 3.05) is 30.3 Å². The number of hydrogen-bond acceptors (Lipinski definition) is 5. The van der Waals surface area contributed by atoms with Gasteiger partial charge in [0, 0.05) is 23.9 Å². The minimum absolute atomic E-state index is 0.0713. The van der Waals surface area contributed by atoms with Crippen LogP contribution in [0, 0.1) is 5.92 Å². The van der Waals surface area contributed by atoms with Gasteiger partial charge in [0.05, 0.1) is 18.0 Å². The van der Waals surface area contributed by atoms with Gasteiger partial charge in [-0.05, 0) is 44.0 Å². The normalized spacial score (nSPS) is 18.7. The molecule has 4 rings (SSSR count). The van der Waals surface area contributed by atoms with E-state index >= 15 is 0 Å². The first kappa shape index (κ1) is 21.2. The van der Waals surface area contributed by atoms with Crippen LogP contribution in [-0.2, 0) is 14.4 Å². The number of carbonyl (C=O) groups is 3. The number of hydrogen-bond donors (Lipinski definition) is 2. The highest BCUT2D eigenvalue weighted by Gasteiger charge is 2.37. The molecule has 2 aromatic carbocycles. The van der Waals surface area contributed by atoms with Gasteiger partial charge in [0.2, 0.25) is 17.7 Å². The second-order valence-corrected chi connectivity index (χ2v) is 8.65. The van der Waals surface area contributed by atoms with Gasteiger partial charge in [-0.2, -0.15) is 0 Å². The molecule has 0 spiro atoms. The van der Waals surface area contributed by atoms with Gasteiger partial charge in [0.1, 0.15) is 5.75 Å². The fourth-order valence-corrected chi connectivity index (χ4v) is 4.90. The highest BCUT2D eigenvalue weighted by Crippen LogP contribution is 2.36. The van der Waals surface area contributed by atoms with E-state index in [1.807, 2.05) is 55.5 Å². The summed E-state index contributed by atoms with van der Waals surface area (Å²) in [5.74, 6) is -0.101. The summed E-state index contributed by atoms with van der Waals surface area (Å²) in [5.41, 5.74) is 1.39. The predicted molar refractivity (Wildman–Crippen MR) is 120 cm³/mol. The molecule has 2 heterocycles. The number of piperidine rings is 1. The van der Waals surface area contributed by atoms with E-state index < -0.39 is 5.25 Å². The molecule has 8 heteroatoms. The number of nitrogens with zero attached hydrogens (tertiary/aromatic N) is 1. The number of fused-ring (bicyclic) bond motifs is 1. The van der Waals surface area contributed by atoms with Crippen molar-refractivity contribution in [3.63, 3.8) is 0 Å². The summed E-state index contributed by atoms with van der Waals surface area (Å²) in [7, 11) is 0. The van der Waals surface area contributed by atoms with Crippen LogP contribution in [-0.4, -0.2) is 47.6 Å². The molecule has 0 aliphatic carbocycles. The summed E-state index contributed by atoms with van der Waals surface area (Å²) in [4.78, 5) is 40.8. The monoisotopic (exact) mass is 439 g/mol. The summed E-state index contributed by atoms with van der Waals surface area (Å²) in [6.07, 6.45) is 1.12. The summed E-state index contributed by atoms with van der Waals surface area (Å²) in [5, 5.41) is 4.98. The SMILES string of the molecule is CCOc1ccccc1NC(=O)C1CCN(C(=O)[C@H]2Sc3ccccc3NC2=O)CC1. The lowest BCUT2D eigenvalue weighted by molar-refractivity contribution is -0.136. The van der Waals surface area contributed by atoms with E-state index in [-0.39, 0.29) is 23.6 Å². The number of ether oxygens (including phenoxy) is 1. The number of likely N-dealkylation sites (tertiary alicyclic amines) is 1. The molecular weight excluding hydrogens is 414 g/mol. The molecule has 1 atom stereocenters. The van der Waals surface area contributed by atoms with Gasteiger partial charge < -0.3 is 20.3 Å². The fraction of sp³-hybridized carbons (Fsp3) is 0.348. The second-order valence-electron chi connectivity index (χ2n) is 7.50. The van der Waals surface area contributed by atoms with Crippen molar-refractivity contribution in [1.82, 2.24) is 4.90 Å². The minimum atomic E-state index is -0.793. The molecule has 1 fully saturated rings. The molecule has 7 nitrogen and oxygen atoms in total. The number of amides is 3. The lowest BCUT2D eigenvalue weighted by Crippen LogP contribution is -2.48. The topological polar surface area (TPSA) is 87.7 Å². The average molecular weight is 440 g/mol. The van der Waals surface area contributed by atoms with Crippen LogP contribution in [0.4, 0.5) is 11.4 Å². The quantitative estimate of drug-likeness (QED) is 0.698. The molecule has 2 N–H and O–H groups in total. The van der Waals surface area contributed by atoms with E-state index in [2.05, 4.69) is 10.6 Å². The highest BCUT2D eigenvalue weighted by atomic mass is 32.2. The van der Waals surface area contributed by atoms with Crippen LogP contribution in [0.3, 0.4) is 0 Å². The third kappa shape index (κ3) is 4.69. The van der Waals surface area contributed by atoms with Crippen LogP contribution < -0.4 is 15.4 Å². The Balaban J connectivity index is 1.34. The Morgan fingerprint density at radius 3 is 2.61 bits per heavy atom. The number of anilines is 2. The lowest BCUT2D eigenvalue weighted by atomic mass is 9.95. The van der Waals surface area contributed by atoms with E-state index in [0.29, 0.717) is 44.0 Å². The van der Waals surface area contributed by atoms with E-state index in [1.165, 1.54) is 11.8 Å². The summed E-state index contributed by atoms with van der Waals surface area (Å²) >= 11 is 1.29. The smallest absolute Gasteiger partial charge is 0.247 e. The maximum Gasteiger partial charge on any atom is 0.247 e. The maximum atomic E-state index is 13.0. The van der Waals surface area contributed by atoms with Gasteiger partial charge in [0.15, 0.2) is 5.25 Å². The second kappa shape index (κ2) is 9.43. The van der Waals surface area contributed by atoms with E-state index in [4.69, 9.17) is 4.74 Å². The fourth-order valence-electron chi connectivity index (χ4n) is 3.83. The van der Waals surface area contributed by atoms with Gasteiger partial charge in [-0.1, -0.05) is 24.3 Å². The number of thioether (sulfide) groups is 1. The van der Waals surface area contributed by atoms with E-state index in [1.54, 1.807) is 4.90 Å². The molecule has 3 amide bonds. The summed E-state index contributed by atoms with van der Waals surface area (Å²) in [6, 6.07) is 14.8. The Morgan fingerprint density at radius 2 is 1.84 bits per heavy atom. The standard InChI is InChI=1S/C23H25N3O4S/c1-2-30-18-9-5-3-7-16(18)24-21(27)15-11-13-26(14-12-15)23(29)20-22(28)25-17-8-4-6-10-19(17)31-20/h3-10,15,20H,2,11-14H2,1H3,(H,24,27)(H,25,28)/t20-/m0/s1. The number of nitrogens with one attached hydrogen (secondary N) is 2. The molecule has 2 aliphatic rings. The Kier molecular flexibility index (Phi) is 6.46. The van der Waals surface area contributed by atoms with Crippen molar-refractivity contribution in [1.29, 1.82) is 0 Å². The van der Waals surface area contributed by atoms with Crippen molar-refractivity contribution in [3.8, 4) is 5.75 Å². The van der Waals surface area contributed by atoms with Gasteiger partial charge in [-0.25, -0.2) is 0 Å². The van der Waals surface area contributed by atoms with Crippen molar-refractivity contribution in [3.05, 3.63) is 48.5 Å². The molecule has 0 bridgehead atoms. The van der Waals surface area contributed by atoms with Crippen LogP contribution in [0.1, 0.15) is 19.8 Å². The zero-order valence-corrected chi connectivity index (χ0v) is 18.1. The summed E-state index contributed by atoms with van der Waals surface area (Å²) < 4.78 is 5.57. The van der Waals surface area contributed by atoms with Crippen molar-refractivity contribution < 1.29 is 19.1 Å². The van der Waals surface area contributed by atoms with Crippen molar-refractivity contribution in [2.24, 2.45) is 5.92 Å². The zero-order valence-electron chi connectivity index (χ0n) is 17.3. The van der Waals surface area contributed by atoms with Crippen molar-refractivity contribution >= 4 is 40.9 Å². The number of rotatable bonds is 5.